The topological polar surface area (TPSA) is 75.1 Å². The van der Waals surface area contributed by atoms with Crippen molar-refractivity contribution in [2.24, 2.45) is 0 Å². The van der Waals surface area contributed by atoms with Crippen molar-refractivity contribution in [3.8, 4) is 10.7 Å². The average molecular weight is 366 g/mol. The Morgan fingerprint density at radius 1 is 1.04 bits per heavy atom. The van der Waals surface area contributed by atoms with Crippen molar-refractivity contribution in [2.45, 2.75) is 6.54 Å². The van der Waals surface area contributed by atoms with Crippen LogP contribution in [-0.2, 0) is 6.54 Å². The Bertz CT molecular complexity index is 862. The fraction of sp³-hybridized carbons (Fsp3) is 0.278. The van der Waals surface area contributed by atoms with Gasteiger partial charge in [-0.2, -0.15) is 0 Å². The highest BCUT2D eigenvalue weighted by molar-refractivity contribution is 7.13. The fourth-order valence-corrected chi connectivity index (χ4v) is 3.67. The van der Waals surface area contributed by atoms with Crippen LogP contribution < -0.4 is 0 Å². The van der Waals surface area contributed by atoms with E-state index in [9.17, 15) is 4.79 Å². The van der Waals surface area contributed by atoms with E-state index in [0.29, 0.717) is 24.5 Å². The summed E-state index contributed by atoms with van der Waals surface area (Å²) in [6.07, 6.45) is 8.53. The smallest absolute Gasteiger partial charge is 0.273 e. The molecule has 0 bridgehead atoms. The lowest BCUT2D eigenvalue weighted by Crippen LogP contribution is -2.48. The summed E-state index contributed by atoms with van der Waals surface area (Å²) in [6, 6.07) is 4.06. The van der Waals surface area contributed by atoms with E-state index in [1.807, 2.05) is 29.4 Å². The van der Waals surface area contributed by atoms with Crippen LogP contribution in [0.3, 0.4) is 0 Å². The van der Waals surface area contributed by atoms with Crippen molar-refractivity contribution >= 4 is 17.2 Å². The minimum Gasteiger partial charge on any atom is -0.335 e. The maximum Gasteiger partial charge on any atom is 0.273 e. The van der Waals surface area contributed by atoms with Gasteiger partial charge in [-0.25, -0.2) is 4.98 Å². The predicted octanol–water partition coefficient (Wildman–Crippen LogP) is 1.95. The van der Waals surface area contributed by atoms with Crippen LogP contribution in [0, 0.1) is 0 Å². The minimum absolute atomic E-state index is 0.0139. The Hall–Kier alpha value is -2.71. The van der Waals surface area contributed by atoms with Crippen LogP contribution >= 0.6 is 11.3 Å². The first-order valence-corrected chi connectivity index (χ1v) is 9.30. The summed E-state index contributed by atoms with van der Waals surface area (Å²) in [4.78, 5) is 33.7. The van der Waals surface area contributed by atoms with Gasteiger partial charge in [-0.1, -0.05) is 0 Å². The number of carbonyl (C=O) groups excluding carboxylic acids is 1. The first kappa shape index (κ1) is 16.7. The fourth-order valence-electron chi connectivity index (χ4n) is 2.92. The molecule has 4 heterocycles. The van der Waals surface area contributed by atoms with Gasteiger partial charge in [0.25, 0.3) is 5.91 Å². The second-order valence-electron chi connectivity index (χ2n) is 6.05. The summed E-state index contributed by atoms with van der Waals surface area (Å²) >= 11 is 1.42. The number of piperazine rings is 1. The number of rotatable bonds is 4. The van der Waals surface area contributed by atoms with E-state index >= 15 is 0 Å². The third kappa shape index (κ3) is 3.76. The van der Waals surface area contributed by atoms with Gasteiger partial charge in [-0.3, -0.25) is 24.6 Å². The molecule has 0 saturated carbocycles. The summed E-state index contributed by atoms with van der Waals surface area (Å²) in [5.74, 6) is -0.0139. The van der Waals surface area contributed by atoms with E-state index < -0.39 is 0 Å². The molecule has 0 aliphatic carbocycles. The Morgan fingerprint density at radius 2 is 1.85 bits per heavy atom. The molecule has 7 nitrogen and oxygen atoms in total. The first-order valence-electron chi connectivity index (χ1n) is 8.42. The SMILES string of the molecule is O=C(c1csc(-c2cnccn2)n1)N1CCN(Cc2ccncc2)CC1. The number of thiazole rings is 1. The van der Waals surface area contributed by atoms with Crippen LogP contribution in [0.4, 0.5) is 0 Å². The van der Waals surface area contributed by atoms with Crippen molar-refractivity contribution in [3.63, 3.8) is 0 Å². The Balaban J connectivity index is 1.36. The summed E-state index contributed by atoms with van der Waals surface area (Å²) in [5, 5.41) is 2.52. The average Bonchev–Trinajstić information content (AvgIpc) is 3.20. The third-order valence-corrected chi connectivity index (χ3v) is 5.19. The molecule has 0 N–H and O–H groups in total. The molecule has 26 heavy (non-hydrogen) atoms. The van der Waals surface area contributed by atoms with E-state index in [-0.39, 0.29) is 5.91 Å². The van der Waals surface area contributed by atoms with Crippen LogP contribution in [0.15, 0.2) is 48.5 Å². The zero-order valence-corrected chi connectivity index (χ0v) is 15.0. The van der Waals surface area contributed by atoms with Gasteiger partial charge in [0.2, 0.25) is 0 Å². The molecule has 0 spiro atoms. The largest absolute Gasteiger partial charge is 0.335 e. The standard InChI is InChI=1S/C18H18N6OS/c25-18(16-13-26-17(22-16)15-11-20-5-6-21-15)24-9-7-23(8-10-24)12-14-1-3-19-4-2-14/h1-6,11,13H,7-10,12H2. The van der Waals surface area contributed by atoms with Gasteiger partial charge in [-0.05, 0) is 17.7 Å². The van der Waals surface area contributed by atoms with Crippen LogP contribution in [0.1, 0.15) is 16.1 Å². The van der Waals surface area contributed by atoms with Crippen molar-refractivity contribution in [3.05, 3.63) is 59.8 Å². The number of hydrogen-bond acceptors (Lipinski definition) is 7. The molecule has 132 valence electrons. The number of aromatic nitrogens is 4. The van der Waals surface area contributed by atoms with Crippen molar-refractivity contribution in [1.29, 1.82) is 0 Å². The zero-order chi connectivity index (χ0) is 17.8. The van der Waals surface area contributed by atoms with Crippen LogP contribution in [0.5, 0.6) is 0 Å². The molecule has 1 amide bonds. The molecular formula is C18H18N6OS. The zero-order valence-electron chi connectivity index (χ0n) is 14.2. The molecule has 1 aliphatic heterocycles. The molecule has 1 fully saturated rings. The van der Waals surface area contributed by atoms with Gasteiger partial charge in [0.1, 0.15) is 16.4 Å². The number of amides is 1. The molecule has 0 unspecified atom stereocenters. The molecule has 0 aromatic carbocycles. The molecular weight excluding hydrogens is 348 g/mol. The summed E-state index contributed by atoms with van der Waals surface area (Å²) in [6.45, 7) is 4.02. The van der Waals surface area contributed by atoms with E-state index in [1.165, 1.54) is 16.9 Å². The van der Waals surface area contributed by atoms with Gasteiger partial charge >= 0.3 is 0 Å². The van der Waals surface area contributed by atoms with Gasteiger partial charge in [-0.15, -0.1) is 11.3 Å². The third-order valence-electron chi connectivity index (χ3n) is 4.32. The monoisotopic (exact) mass is 366 g/mol. The minimum atomic E-state index is -0.0139. The maximum atomic E-state index is 12.7. The first-order chi connectivity index (χ1) is 12.8. The summed E-state index contributed by atoms with van der Waals surface area (Å²) < 4.78 is 0. The second kappa shape index (κ2) is 7.67. The van der Waals surface area contributed by atoms with Gasteiger partial charge in [0, 0.05) is 62.9 Å². The number of carbonyl (C=O) groups is 1. The molecule has 4 rings (SSSR count). The molecule has 8 heteroatoms. The molecule has 3 aromatic rings. The normalized spacial score (nSPS) is 15.2. The van der Waals surface area contributed by atoms with Gasteiger partial charge in [0.15, 0.2) is 0 Å². The molecule has 1 saturated heterocycles. The van der Waals surface area contributed by atoms with Crippen molar-refractivity contribution in [2.75, 3.05) is 26.2 Å². The van der Waals surface area contributed by atoms with Crippen LogP contribution in [-0.4, -0.2) is 61.8 Å². The van der Waals surface area contributed by atoms with Crippen molar-refractivity contribution < 1.29 is 4.79 Å². The second-order valence-corrected chi connectivity index (χ2v) is 6.91. The van der Waals surface area contributed by atoms with E-state index in [1.54, 1.807) is 24.0 Å². The molecule has 0 atom stereocenters. The van der Waals surface area contributed by atoms with E-state index in [2.05, 4.69) is 24.8 Å². The summed E-state index contributed by atoms with van der Waals surface area (Å²) in [7, 11) is 0. The number of pyridine rings is 1. The Labute approximate surface area is 155 Å². The Kier molecular flexibility index (Phi) is 4.94. The molecule has 3 aromatic heterocycles. The lowest BCUT2D eigenvalue weighted by atomic mass is 10.2. The van der Waals surface area contributed by atoms with Gasteiger partial charge in [0.05, 0.1) is 6.20 Å². The maximum absolute atomic E-state index is 12.7. The highest BCUT2D eigenvalue weighted by atomic mass is 32.1. The molecule has 1 aliphatic rings. The number of hydrogen-bond donors (Lipinski definition) is 0. The quantitative estimate of drug-likeness (QED) is 0.703. The van der Waals surface area contributed by atoms with Crippen LogP contribution in [0.2, 0.25) is 0 Å². The molecule has 0 radical (unpaired) electrons. The van der Waals surface area contributed by atoms with Crippen LogP contribution in [0.25, 0.3) is 10.7 Å². The lowest BCUT2D eigenvalue weighted by molar-refractivity contribution is 0.0623. The highest BCUT2D eigenvalue weighted by Gasteiger charge is 2.24. The van der Waals surface area contributed by atoms with E-state index in [0.717, 1.165) is 24.6 Å². The number of nitrogens with zero attached hydrogens (tertiary/aromatic N) is 6. The van der Waals surface area contributed by atoms with E-state index in [4.69, 9.17) is 0 Å². The lowest BCUT2D eigenvalue weighted by Gasteiger charge is -2.34. The van der Waals surface area contributed by atoms with Gasteiger partial charge < -0.3 is 4.90 Å². The highest BCUT2D eigenvalue weighted by Crippen LogP contribution is 2.22. The summed E-state index contributed by atoms with van der Waals surface area (Å²) in [5.41, 5.74) is 2.42. The predicted molar refractivity (Wildman–Crippen MR) is 98.6 cm³/mol. The Morgan fingerprint density at radius 3 is 2.58 bits per heavy atom. The van der Waals surface area contributed by atoms with Crippen molar-refractivity contribution in [1.82, 2.24) is 29.7 Å².